The molecule has 35 heavy (non-hydrogen) atoms. The zero-order valence-corrected chi connectivity index (χ0v) is 18.4. The number of H-pyrrole nitrogens is 1. The maximum Gasteiger partial charge on any atom is 0.573 e. The number of piperidine rings is 1. The zero-order chi connectivity index (χ0) is 25.0. The Morgan fingerprint density at radius 1 is 1.14 bits per heavy atom. The summed E-state index contributed by atoms with van der Waals surface area (Å²) in [6.45, 7) is 0.576. The van der Waals surface area contributed by atoms with Crippen molar-refractivity contribution in [3.8, 4) is 5.75 Å². The summed E-state index contributed by atoms with van der Waals surface area (Å²) in [5.74, 6) is -4.49. The van der Waals surface area contributed by atoms with Gasteiger partial charge in [0.15, 0.2) is 0 Å². The van der Waals surface area contributed by atoms with E-state index in [1.807, 2.05) is 0 Å². The highest BCUT2D eigenvalue weighted by Gasteiger charge is 2.38. The van der Waals surface area contributed by atoms with E-state index in [2.05, 4.69) is 14.7 Å². The Hall–Kier alpha value is -3.24. The van der Waals surface area contributed by atoms with Crippen molar-refractivity contribution in [2.75, 3.05) is 13.1 Å². The van der Waals surface area contributed by atoms with Gasteiger partial charge in [0.2, 0.25) is 0 Å². The molecule has 0 unspecified atom stereocenters. The molecule has 186 valence electrons. The van der Waals surface area contributed by atoms with Gasteiger partial charge in [-0.05, 0) is 55.0 Å². The molecule has 1 aliphatic heterocycles. The fraction of sp³-hybridized carbons (Fsp3) is 0.417. The smallest absolute Gasteiger partial charge is 0.406 e. The topological polar surface area (TPSA) is 58.2 Å². The van der Waals surface area contributed by atoms with Crippen molar-refractivity contribution in [2.45, 2.75) is 50.3 Å². The number of ether oxygens (including phenoxy) is 1. The van der Waals surface area contributed by atoms with Gasteiger partial charge in [-0.3, -0.25) is 4.79 Å². The number of hydrogen-bond donors (Lipinski definition) is 1. The maximum absolute atomic E-state index is 15.0. The van der Waals surface area contributed by atoms with E-state index < -0.39 is 30.3 Å². The van der Waals surface area contributed by atoms with Crippen LogP contribution in [0.25, 0.3) is 11.0 Å². The lowest BCUT2D eigenvalue weighted by molar-refractivity contribution is -0.274. The largest absolute Gasteiger partial charge is 0.573 e. The van der Waals surface area contributed by atoms with Crippen molar-refractivity contribution in [1.29, 1.82) is 0 Å². The highest BCUT2D eigenvalue weighted by molar-refractivity contribution is 5.94. The van der Waals surface area contributed by atoms with E-state index in [1.165, 1.54) is 12.1 Å². The van der Waals surface area contributed by atoms with Crippen LogP contribution < -0.4 is 4.74 Å². The fourth-order valence-corrected chi connectivity index (χ4v) is 5.09. The average Bonchev–Trinajstić information content (AvgIpc) is 3.15. The second kappa shape index (κ2) is 8.46. The Morgan fingerprint density at radius 3 is 2.49 bits per heavy atom. The van der Waals surface area contributed by atoms with Crippen LogP contribution >= 0.6 is 0 Å². The van der Waals surface area contributed by atoms with Crippen LogP contribution in [-0.4, -0.2) is 46.1 Å². The quantitative estimate of drug-likeness (QED) is 0.470. The van der Waals surface area contributed by atoms with Crippen molar-refractivity contribution in [1.82, 2.24) is 14.9 Å². The molecule has 2 aliphatic rings. The number of halogens is 6. The Balaban J connectivity index is 1.34. The summed E-state index contributed by atoms with van der Waals surface area (Å²) in [6.07, 6.45) is -3.48. The number of carbonyl (C=O) groups excluding carboxylic acids is 1. The molecule has 3 aromatic rings. The first-order valence-electron chi connectivity index (χ1n) is 11.2. The lowest BCUT2D eigenvalue weighted by Gasteiger charge is -2.33. The number of amides is 1. The lowest BCUT2D eigenvalue weighted by Crippen LogP contribution is -2.38. The molecule has 11 heteroatoms. The summed E-state index contributed by atoms with van der Waals surface area (Å²) in [5.41, 5.74) is 2.03. The molecule has 0 radical (unpaired) electrons. The number of fused-ring (bicyclic) bond motifs is 3. The number of nitrogens with one attached hydrogen (secondary N) is 1. The summed E-state index contributed by atoms with van der Waals surface area (Å²) < 4.78 is 84.1. The summed E-state index contributed by atoms with van der Waals surface area (Å²) in [4.78, 5) is 21.5. The molecular formula is C24H21F6N3O2. The van der Waals surface area contributed by atoms with Gasteiger partial charge in [0.05, 0.1) is 6.20 Å². The number of aromatic nitrogens is 2. The third kappa shape index (κ3) is 4.68. The van der Waals surface area contributed by atoms with Crippen LogP contribution in [0.1, 0.15) is 52.4 Å². The standard InChI is InChI=1S/C24H21F6N3O2/c25-17-12-31-21-20(16-11-23(26,27)8-5-18(16)32-21)19(17)13-6-9-33(10-7-13)22(34)14-1-3-15(4-2-14)35-24(28,29)30/h1-4,12-13H,5-11H2,(H,31,32). The van der Waals surface area contributed by atoms with E-state index in [0.717, 1.165) is 18.3 Å². The predicted molar refractivity (Wildman–Crippen MR) is 114 cm³/mol. The molecule has 1 aromatic carbocycles. The number of nitrogens with zero attached hydrogens (tertiary/aromatic N) is 2. The van der Waals surface area contributed by atoms with E-state index in [9.17, 15) is 31.1 Å². The number of aryl methyl sites for hydroxylation is 1. The molecule has 5 rings (SSSR count). The number of carbonyl (C=O) groups is 1. The first-order chi connectivity index (χ1) is 16.5. The van der Waals surface area contributed by atoms with Crippen LogP contribution in [0, 0.1) is 5.82 Å². The first kappa shape index (κ1) is 23.5. The number of rotatable bonds is 3. The molecule has 1 N–H and O–H groups in total. The van der Waals surface area contributed by atoms with Crippen LogP contribution in [0.4, 0.5) is 26.3 Å². The highest BCUT2D eigenvalue weighted by Crippen LogP contribution is 2.42. The number of likely N-dealkylation sites (tertiary alicyclic amines) is 1. The van der Waals surface area contributed by atoms with Crippen LogP contribution in [0.3, 0.4) is 0 Å². The van der Waals surface area contributed by atoms with E-state index >= 15 is 0 Å². The summed E-state index contributed by atoms with van der Waals surface area (Å²) in [7, 11) is 0. The fourth-order valence-electron chi connectivity index (χ4n) is 5.09. The average molecular weight is 497 g/mol. The summed E-state index contributed by atoms with van der Waals surface area (Å²) in [6, 6.07) is 4.66. The van der Waals surface area contributed by atoms with Gasteiger partial charge in [0, 0.05) is 48.1 Å². The minimum atomic E-state index is -4.82. The van der Waals surface area contributed by atoms with Crippen molar-refractivity contribution in [2.24, 2.45) is 0 Å². The Labute approximate surface area is 196 Å². The number of aromatic amines is 1. The van der Waals surface area contributed by atoms with Crippen molar-refractivity contribution >= 4 is 16.9 Å². The van der Waals surface area contributed by atoms with Gasteiger partial charge in [0.25, 0.3) is 11.8 Å². The second-order valence-corrected chi connectivity index (χ2v) is 9.00. The SMILES string of the molecule is O=C(c1ccc(OC(F)(F)F)cc1)N1CCC(c2c(F)cnc3[nH]c4c(c23)CC(F)(F)CC4)CC1. The molecule has 2 aromatic heterocycles. The molecule has 1 aliphatic carbocycles. The first-order valence-corrected chi connectivity index (χ1v) is 11.2. The Bertz CT molecular complexity index is 1260. The van der Waals surface area contributed by atoms with Crippen LogP contribution in [0.5, 0.6) is 5.75 Å². The van der Waals surface area contributed by atoms with Crippen molar-refractivity contribution in [3.05, 3.63) is 58.7 Å². The Kier molecular flexibility index (Phi) is 5.68. The molecule has 0 bridgehead atoms. The summed E-state index contributed by atoms with van der Waals surface area (Å²) >= 11 is 0. The number of alkyl halides is 5. The number of benzene rings is 1. The van der Waals surface area contributed by atoms with Gasteiger partial charge in [0.1, 0.15) is 17.2 Å². The second-order valence-electron chi connectivity index (χ2n) is 9.00. The van der Waals surface area contributed by atoms with Gasteiger partial charge in [-0.2, -0.15) is 0 Å². The van der Waals surface area contributed by atoms with Crippen LogP contribution in [0.15, 0.2) is 30.5 Å². The molecule has 0 saturated carbocycles. The van der Waals surface area contributed by atoms with Crippen molar-refractivity contribution < 1.29 is 35.9 Å². The maximum atomic E-state index is 15.0. The molecule has 3 heterocycles. The lowest BCUT2D eigenvalue weighted by atomic mass is 9.84. The predicted octanol–water partition coefficient (Wildman–Crippen LogP) is 5.74. The van der Waals surface area contributed by atoms with Crippen LogP contribution in [0.2, 0.25) is 0 Å². The van der Waals surface area contributed by atoms with Gasteiger partial charge in [-0.25, -0.2) is 18.2 Å². The molecular weight excluding hydrogens is 476 g/mol. The molecule has 0 atom stereocenters. The molecule has 1 saturated heterocycles. The third-order valence-electron chi connectivity index (χ3n) is 6.71. The number of hydrogen-bond acceptors (Lipinski definition) is 3. The zero-order valence-electron chi connectivity index (χ0n) is 18.4. The van der Waals surface area contributed by atoms with Gasteiger partial charge < -0.3 is 14.6 Å². The van der Waals surface area contributed by atoms with Gasteiger partial charge >= 0.3 is 6.36 Å². The van der Waals surface area contributed by atoms with E-state index in [-0.39, 0.29) is 43.3 Å². The van der Waals surface area contributed by atoms with Crippen molar-refractivity contribution in [3.63, 3.8) is 0 Å². The normalized spacial score (nSPS) is 18.5. The minimum absolute atomic E-state index is 0.166. The molecule has 5 nitrogen and oxygen atoms in total. The molecule has 1 amide bonds. The highest BCUT2D eigenvalue weighted by atomic mass is 19.4. The van der Waals surface area contributed by atoms with E-state index in [1.54, 1.807) is 4.90 Å². The van der Waals surface area contributed by atoms with E-state index in [0.29, 0.717) is 40.7 Å². The van der Waals surface area contributed by atoms with Gasteiger partial charge in [-0.1, -0.05) is 0 Å². The monoisotopic (exact) mass is 497 g/mol. The molecule has 0 spiro atoms. The third-order valence-corrected chi connectivity index (χ3v) is 6.71. The van der Waals surface area contributed by atoms with Crippen LogP contribution in [-0.2, 0) is 12.8 Å². The van der Waals surface area contributed by atoms with E-state index in [4.69, 9.17) is 0 Å². The molecule has 1 fully saturated rings. The van der Waals surface area contributed by atoms with Gasteiger partial charge in [-0.15, -0.1) is 13.2 Å². The Morgan fingerprint density at radius 2 is 1.83 bits per heavy atom. The summed E-state index contributed by atoms with van der Waals surface area (Å²) in [5, 5.41) is 0.421. The number of pyridine rings is 1. The minimum Gasteiger partial charge on any atom is -0.406 e.